The second kappa shape index (κ2) is 4.89. The molecule has 1 unspecified atom stereocenters. The van der Waals surface area contributed by atoms with E-state index in [1.54, 1.807) is 24.3 Å². The Kier molecular flexibility index (Phi) is 3.29. The fourth-order valence-electron chi connectivity index (χ4n) is 1.64. The van der Waals surface area contributed by atoms with Crippen LogP contribution in [0.5, 0.6) is 0 Å². The van der Waals surface area contributed by atoms with Crippen LogP contribution in [0.1, 0.15) is 22.0 Å². The number of amides is 1. The molecule has 0 saturated carbocycles. The van der Waals surface area contributed by atoms with E-state index < -0.39 is 12.0 Å². The predicted molar refractivity (Wildman–Crippen MR) is 66.6 cm³/mol. The molecule has 0 aliphatic rings. The number of benzene rings is 1. The van der Waals surface area contributed by atoms with Crippen molar-refractivity contribution < 1.29 is 9.90 Å². The van der Waals surface area contributed by atoms with Crippen LogP contribution in [0.15, 0.2) is 36.7 Å². The molecule has 1 aromatic carbocycles. The number of carbonyl (C=O) groups is 1. The average Bonchev–Trinajstić information content (AvgIpc) is 2.77. The average molecular weight is 246 g/mol. The van der Waals surface area contributed by atoms with Gasteiger partial charge in [-0.25, -0.2) is 0 Å². The Morgan fingerprint density at radius 2 is 2.28 bits per heavy atom. The predicted octanol–water partition coefficient (Wildman–Crippen LogP) is 0.298. The quantitative estimate of drug-likeness (QED) is 0.674. The number of primary amides is 1. The second-order valence-corrected chi connectivity index (χ2v) is 4.00. The lowest BCUT2D eigenvalue weighted by molar-refractivity contribution is 0.0999. The fraction of sp³-hybridized carbons (Fsp3) is 0.167. The molecule has 2 rings (SSSR count). The molecule has 1 heterocycles. The number of hydrogen-bond acceptors (Lipinski definition) is 4. The molecule has 2 aromatic rings. The van der Waals surface area contributed by atoms with Gasteiger partial charge in [0.1, 0.15) is 0 Å². The Morgan fingerprint density at radius 1 is 1.50 bits per heavy atom. The van der Waals surface area contributed by atoms with E-state index in [0.717, 1.165) is 0 Å². The first kappa shape index (κ1) is 12.1. The summed E-state index contributed by atoms with van der Waals surface area (Å²) in [6.07, 6.45) is 2.13. The summed E-state index contributed by atoms with van der Waals surface area (Å²) in [5.41, 5.74) is 12.4. The molecule has 0 spiro atoms. The molecule has 18 heavy (non-hydrogen) atoms. The summed E-state index contributed by atoms with van der Waals surface area (Å²) in [5, 5.41) is 14.0. The van der Waals surface area contributed by atoms with Gasteiger partial charge in [-0.2, -0.15) is 5.10 Å². The summed E-state index contributed by atoms with van der Waals surface area (Å²) in [4.78, 5) is 10.9. The van der Waals surface area contributed by atoms with Gasteiger partial charge < -0.3 is 16.6 Å². The van der Waals surface area contributed by atoms with Crippen LogP contribution in [0.3, 0.4) is 0 Å². The molecule has 0 aliphatic carbocycles. The number of nitrogens with zero attached hydrogens (tertiary/aromatic N) is 2. The maximum absolute atomic E-state index is 10.9. The molecular weight excluding hydrogens is 232 g/mol. The molecule has 0 saturated heterocycles. The molecule has 94 valence electrons. The lowest BCUT2D eigenvalue weighted by Crippen LogP contribution is -2.11. The Labute approximate surface area is 104 Å². The lowest BCUT2D eigenvalue weighted by Gasteiger charge is -2.11. The van der Waals surface area contributed by atoms with Gasteiger partial charge in [-0.15, -0.1) is 0 Å². The number of rotatable bonds is 4. The van der Waals surface area contributed by atoms with Crippen molar-refractivity contribution in [2.24, 2.45) is 5.73 Å². The van der Waals surface area contributed by atoms with E-state index in [2.05, 4.69) is 5.10 Å². The van der Waals surface area contributed by atoms with Gasteiger partial charge in [-0.05, 0) is 17.7 Å². The van der Waals surface area contributed by atoms with Gasteiger partial charge in [0.25, 0.3) is 5.91 Å². The molecule has 1 atom stereocenters. The second-order valence-electron chi connectivity index (χ2n) is 4.00. The number of aliphatic hydroxyl groups excluding tert-OH is 1. The zero-order valence-corrected chi connectivity index (χ0v) is 9.65. The van der Waals surface area contributed by atoms with Crippen molar-refractivity contribution >= 4 is 11.6 Å². The van der Waals surface area contributed by atoms with Crippen LogP contribution in [0.2, 0.25) is 0 Å². The first-order chi connectivity index (χ1) is 8.56. The van der Waals surface area contributed by atoms with Crippen LogP contribution in [0.4, 0.5) is 5.69 Å². The van der Waals surface area contributed by atoms with Gasteiger partial charge in [-0.3, -0.25) is 9.48 Å². The minimum absolute atomic E-state index is 0.233. The van der Waals surface area contributed by atoms with E-state index in [-0.39, 0.29) is 6.54 Å². The minimum atomic E-state index is -0.742. The van der Waals surface area contributed by atoms with E-state index in [1.165, 1.54) is 17.1 Å². The third kappa shape index (κ3) is 2.67. The fourth-order valence-corrected chi connectivity index (χ4v) is 1.64. The SMILES string of the molecule is NC(=O)c1cnn(CC(O)c2cccc(N)c2)c1. The Hall–Kier alpha value is -2.34. The smallest absolute Gasteiger partial charge is 0.251 e. The molecule has 1 amide bonds. The van der Waals surface area contributed by atoms with Crippen molar-refractivity contribution in [2.45, 2.75) is 12.6 Å². The zero-order chi connectivity index (χ0) is 13.1. The summed E-state index contributed by atoms with van der Waals surface area (Å²) in [7, 11) is 0. The van der Waals surface area contributed by atoms with Gasteiger partial charge >= 0.3 is 0 Å². The molecule has 0 aliphatic heterocycles. The summed E-state index contributed by atoms with van der Waals surface area (Å²) >= 11 is 0. The number of nitrogen functional groups attached to an aromatic ring is 1. The van der Waals surface area contributed by atoms with Crippen LogP contribution < -0.4 is 11.5 Å². The zero-order valence-electron chi connectivity index (χ0n) is 9.65. The monoisotopic (exact) mass is 246 g/mol. The number of hydrogen-bond donors (Lipinski definition) is 3. The number of aromatic nitrogens is 2. The van der Waals surface area contributed by atoms with Crippen LogP contribution in [0.25, 0.3) is 0 Å². The van der Waals surface area contributed by atoms with Gasteiger partial charge in [0, 0.05) is 11.9 Å². The Bertz CT molecular complexity index is 565. The summed E-state index contributed by atoms with van der Waals surface area (Å²) in [6.45, 7) is 0.233. The lowest BCUT2D eigenvalue weighted by atomic mass is 10.1. The molecule has 6 heteroatoms. The van der Waals surface area contributed by atoms with E-state index in [0.29, 0.717) is 16.8 Å². The van der Waals surface area contributed by atoms with Crippen LogP contribution in [0, 0.1) is 0 Å². The summed E-state index contributed by atoms with van der Waals surface area (Å²) in [5.74, 6) is -0.542. The topological polar surface area (TPSA) is 107 Å². The van der Waals surface area contributed by atoms with Gasteiger partial charge in [0.15, 0.2) is 0 Å². The first-order valence-corrected chi connectivity index (χ1v) is 5.42. The Morgan fingerprint density at radius 3 is 2.89 bits per heavy atom. The largest absolute Gasteiger partial charge is 0.399 e. The van der Waals surface area contributed by atoms with Crippen LogP contribution in [-0.2, 0) is 6.54 Å². The maximum atomic E-state index is 10.9. The highest BCUT2D eigenvalue weighted by Crippen LogP contribution is 2.17. The van der Waals surface area contributed by atoms with Gasteiger partial charge in [0.05, 0.1) is 24.4 Å². The van der Waals surface area contributed by atoms with Crippen molar-refractivity contribution in [2.75, 3.05) is 5.73 Å². The van der Waals surface area contributed by atoms with Gasteiger partial charge in [0.2, 0.25) is 0 Å². The minimum Gasteiger partial charge on any atom is -0.399 e. The molecule has 0 radical (unpaired) electrons. The number of nitrogens with two attached hydrogens (primary N) is 2. The van der Waals surface area contributed by atoms with E-state index in [9.17, 15) is 9.90 Å². The van der Waals surface area contributed by atoms with Crippen molar-refractivity contribution in [1.29, 1.82) is 0 Å². The summed E-state index contributed by atoms with van der Waals surface area (Å²) < 4.78 is 1.47. The normalized spacial score (nSPS) is 12.3. The van der Waals surface area contributed by atoms with Gasteiger partial charge in [-0.1, -0.05) is 12.1 Å². The molecule has 5 N–H and O–H groups in total. The third-order valence-corrected chi connectivity index (χ3v) is 2.57. The van der Waals surface area contributed by atoms with Crippen molar-refractivity contribution in [1.82, 2.24) is 9.78 Å². The first-order valence-electron chi connectivity index (χ1n) is 5.42. The Balaban J connectivity index is 2.11. The van der Waals surface area contributed by atoms with Crippen LogP contribution >= 0.6 is 0 Å². The van der Waals surface area contributed by atoms with E-state index in [4.69, 9.17) is 11.5 Å². The number of carbonyl (C=O) groups excluding carboxylic acids is 1. The third-order valence-electron chi connectivity index (χ3n) is 2.57. The number of aliphatic hydroxyl groups is 1. The molecule has 6 nitrogen and oxygen atoms in total. The van der Waals surface area contributed by atoms with E-state index >= 15 is 0 Å². The molecule has 0 fully saturated rings. The maximum Gasteiger partial charge on any atom is 0.251 e. The van der Waals surface area contributed by atoms with Crippen LogP contribution in [-0.4, -0.2) is 20.8 Å². The van der Waals surface area contributed by atoms with E-state index in [1.807, 2.05) is 0 Å². The molecule has 1 aromatic heterocycles. The van der Waals surface area contributed by atoms with Crippen molar-refractivity contribution in [3.63, 3.8) is 0 Å². The number of anilines is 1. The highest BCUT2D eigenvalue weighted by molar-refractivity contribution is 5.92. The molecule has 0 bridgehead atoms. The van der Waals surface area contributed by atoms with Crippen molar-refractivity contribution in [3.8, 4) is 0 Å². The highest BCUT2D eigenvalue weighted by atomic mass is 16.3. The van der Waals surface area contributed by atoms with Crippen molar-refractivity contribution in [3.05, 3.63) is 47.8 Å². The standard InChI is InChI=1S/C12H14N4O2/c13-10-3-1-2-8(4-10)11(17)7-16-6-9(5-15-16)12(14)18/h1-6,11,17H,7,13H2,(H2,14,18). The molecular formula is C12H14N4O2. The summed E-state index contributed by atoms with van der Waals surface area (Å²) in [6, 6.07) is 6.99. The highest BCUT2D eigenvalue weighted by Gasteiger charge is 2.11.